The number of Topliss-reactive ketones (excluding diaryl/α,β-unsaturated/α-hetero) is 1. The Hall–Kier alpha value is -1.02. The molecule has 98 valence electrons. The lowest BCUT2D eigenvalue weighted by atomic mass is 9.74. The minimum absolute atomic E-state index is 0.146. The molecule has 0 aliphatic heterocycles. The highest BCUT2D eigenvalue weighted by molar-refractivity contribution is 6.31. The van der Waals surface area contributed by atoms with Gasteiger partial charge in [0.25, 0.3) is 0 Å². The van der Waals surface area contributed by atoms with E-state index in [0.29, 0.717) is 22.2 Å². The number of nitrogens with two attached hydrogens (primary N) is 1. The molecule has 18 heavy (non-hydrogen) atoms. The lowest BCUT2D eigenvalue weighted by Crippen LogP contribution is -2.27. The normalized spacial score (nSPS) is 23.9. The molecule has 1 saturated carbocycles. The molecule has 1 aromatic rings. The van der Waals surface area contributed by atoms with Crippen molar-refractivity contribution in [2.45, 2.75) is 39.0 Å². The first-order chi connectivity index (χ1) is 8.63. The van der Waals surface area contributed by atoms with Crippen molar-refractivity contribution in [1.29, 1.82) is 0 Å². The van der Waals surface area contributed by atoms with E-state index in [4.69, 9.17) is 17.3 Å². The van der Waals surface area contributed by atoms with Gasteiger partial charge in [-0.2, -0.15) is 0 Å². The predicted octanol–water partition coefficient (Wildman–Crippen LogP) is 4.32. The third kappa shape index (κ3) is 2.69. The number of carbonyl (C=O) groups excluding carboxylic acids is 1. The van der Waals surface area contributed by atoms with E-state index >= 15 is 0 Å². The first-order valence-corrected chi connectivity index (χ1v) is 7.10. The van der Waals surface area contributed by atoms with Crippen LogP contribution >= 0.6 is 11.6 Å². The van der Waals surface area contributed by atoms with Crippen LogP contribution < -0.4 is 5.73 Å². The highest BCUT2D eigenvalue weighted by Gasteiger charge is 2.30. The first kappa shape index (κ1) is 13.4. The molecular formula is C15H20ClNO. The van der Waals surface area contributed by atoms with Crippen LogP contribution in [-0.4, -0.2) is 5.78 Å². The van der Waals surface area contributed by atoms with Gasteiger partial charge in [-0.3, -0.25) is 4.79 Å². The molecule has 1 aliphatic rings. The Bertz CT molecular complexity index is 444. The summed E-state index contributed by atoms with van der Waals surface area (Å²) in [4.78, 5) is 12.6. The van der Waals surface area contributed by atoms with Crippen molar-refractivity contribution in [2.75, 3.05) is 5.73 Å². The summed E-state index contributed by atoms with van der Waals surface area (Å²) in [7, 11) is 0. The quantitative estimate of drug-likeness (QED) is 0.653. The van der Waals surface area contributed by atoms with Crippen LogP contribution in [0.5, 0.6) is 0 Å². The van der Waals surface area contributed by atoms with Crippen LogP contribution in [0.25, 0.3) is 0 Å². The van der Waals surface area contributed by atoms with E-state index in [2.05, 4.69) is 6.92 Å². The second kappa shape index (κ2) is 5.75. The van der Waals surface area contributed by atoms with E-state index in [1.54, 1.807) is 18.2 Å². The largest absolute Gasteiger partial charge is 0.398 e. The summed E-state index contributed by atoms with van der Waals surface area (Å²) in [5.41, 5.74) is 7.06. The summed E-state index contributed by atoms with van der Waals surface area (Å²) < 4.78 is 0. The summed E-state index contributed by atoms with van der Waals surface area (Å²) in [5.74, 6) is 0.865. The highest BCUT2D eigenvalue weighted by atomic mass is 35.5. The maximum Gasteiger partial charge on any atom is 0.168 e. The molecule has 0 bridgehead atoms. The van der Waals surface area contributed by atoms with Crippen molar-refractivity contribution >= 4 is 23.1 Å². The fourth-order valence-corrected chi connectivity index (χ4v) is 3.18. The number of rotatable bonds is 3. The maximum absolute atomic E-state index is 12.6. The SMILES string of the molecule is CCC1CCCCC1C(=O)c1ccc(Cl)cc1N. The number of carbonyl (C=O) groups is 1. The highest BCUT2D eigenvalue weighted by Crippen LogP contribution is 2.35. The summed E-state index contributed by atoms with van der Waals surface area (Å²) in [6.45, 7) is 2.17. The Balaban J connectivity index is 2.24. The van der Waals surface area contributed by atoms with Gasteiger partial charge in [0.2, 0.25) is 0 Å². The molecule has 2 nitrogen and oxygen atoms in total. The molecule has 0 spiro atoms. The van der Waals surface area contributed by atoms with Crippen LogP contribution in [0.4, 0.5) is 5.69 Å². The van der Waals surface area contributed by atoms with E-state index < -0.39 is 0 Å². The molecule has 2 N–H and O–H groups in total. The smallest absolute Gasteiger partial charge is 0.168 e. The van der Waals surface area contributed by atoms with Crippen LogP contribution in [0.3, 0.4) is 0 Å². The van der Waals surface area contributed by atoms with Gasteiger partial charge < -0.3 is 5.73 Å². The van der Waals surface area contributed by atoms with E-state index in [-0.39, 0.29) is 11.7 Å². The van der Waals surface area contributed by atoms with E-state index in [0.717, 1.165) is 19.3 Å². The maximum atomic E-state index is 12.6. The lowest BCUT2D eigenvalue weighted by Gasteiger charge is -2.30. The third-order valence-corrected chi connectivity index (χ3v) is 4.28. The molecule has 0 amide bonds. The predicted molar refractivity (Wildman–Crippen MR) is 75.9 cm³/mol. The van der Waals surface area contributed by atoms with Gasteiger partial charge in [0.05, 0.1) is 0 Å². The monoisotopic (exact) mass is 265 g/mol. The Kier molecular flexibility index (Phi) is 4.28. The summed E-state index contributed by atoms with van der Waals surface area (Å²) in [6, 6.07) is 5.18. The standard InChI is InChI=1S/C15H20ClNO/c1-2-10-5-3-4-6-12(10)15(18)13-8-7-11(16)9-14(13)17/h7-10,12H,2-6,17H2,1H3. The second-order valence-electron chi connectivity index (χ2n) is 5.16. The minimum atomic E-state index is 0.146. The van der Waals surface area contributed by atoms with Crippen molar-refractivity contribution in [2.24, 2.45) is 11.8 Å². The van der Waals surface area contributed by atoms with Crippen LogP contribution in [0.15, 0.2) is 18.2 Å². The molecule has 0 aromatic heterocycles. The third-order valence-electron chi connectivity index (χ3n) is 4.05. The van der Waals surface area contributed by atoms with Gasteiger partial charge in [0, 0.05) is 22.2 Å². The van der Waals surface area contributed by atoms with Crippen molar-refractivity contribution in [3.8, 4) is 0 Å². The van der Waals surface area contributed by atoms with Crippen LogP contribution in [0.1, 0.15) is 49.4 Å². The molecule has 2 rings (SSSR count). The van der Waals surface area contributed by atoms with Crippen molar-refractivity contribution in [3.05, 3.63) is 28.8 Å². The van der Waals surface area contributed by atoms with Crippen molar-refractivity contribution < 1.29 is 4.79 Å². The number of nitrogen functional groups attached to an aromatic ring is 1. The fourth-order valence-electron chi connectivity index (χ4n) is 3.00. The zero-order valence-electron chi connectivity index (χ0n) is 10.8. The number of ketones is 1. The van der Waals surface area contributed by atoms with Gasteiger partial charge in [-0.1, -0.05) is 37.8 Å². The van der Waals surface area contributed by atoms with Crippen LogP contribution in [-0.2, 0) is 0 Å². The molecule has 0 heterocycles. The zero-order chi connectivity index (χ0) is 13.1. The number of halogens is 1. The molecule has 3 heteroatoms. The molecule has 1 fully saturated rings. The molecular weight excluding hydrogens is 246 g/mol. The zero-order valence-corrected chi connectivity index (χ0v) is 11.5. The van der Waals surface area contributed by atoms with Gasteiger partial charge in [0.1, 0.15) is 0 Å². The van der Waals surface area contributed by atoms with Crippen molar-refractivity contribution in [3.63, 3.8) is 0 Å². The van der Waals surface area contributed by atoms with Gasteiger partial charge in [0.15, 0.2) is 5.78 Å². The van der Waals surface area contributed by atoms with Crippen LogP contribution in [0, 0.1) is 11.8 Å². The van der Waals surface area contributed by atoms with Crippen molar-refractivity contribution in [1.82, 2.24) is 0 Å². The van der Waals surface area contributed by atoms with Gasteiger partial charge in [-0.05, 0) is 37.0 Å². The number of hydrogen-bond donors (Lipinski definition) is 1. The Morgan fingerprint density at radius 1 is 1.39 bits per heavy atom. The van der Waals surface area contributed by atoms with Gasteiger partial charge in [-0.25, -0.2) is 0 Å². The minimum Gasteiger partial charge on any atom is -0.398 e. The van der Waals surface area contributed by atoms with Gasteiger partial charge >= 0.3 is 0 Å². The molecule has 0 saturated heterocycles. The lowest BCUT2D eigenvalue weighted by molar-refractivity contribution is 0.0821. The first-order valence-electron chi connectivity index (χ1n) is 6.72. The summed E-state index contributed by atoms with van der Waals surface area (Å²) >= 11 is 5.87. The molecule has 2 unspecified atom stereocenters. The number of anilines is 1. The van der Waals surface area contributed by atoms with E-state index in [9.17, 15) is 4.79 Å². The second-order valence-corrected chi connectivity index (χ2v) is 5.59. The number of benzene rings is 1. The topological polar surface area (TPSA) is 43.1 Å². The van der Waals surface area contributed by atoms with Gasteiger partial charge in [-0.15, -0.1) is 0 Å². The Labute approximate surface area is 114 Å². The fraction of sp³-hybridized carbons (Fsp3) is 0.533. The van der Waals surface area contributed by atoms with Crippen LogP contribution in [0.2, 0.25) is 5.02 Å². The average molecular weight is 266 g/mol. The molecule has 1 aliphatic carbocycles. The molecule has 1 aromatic carbocycles. The Morgan fingerprint density at radius 2 is 2.11 bits per heavy atom. The summed E-state index contributed by atoms with van der Waals surface area (Å²) in [5, 5.41) is 0.583. The van der Waals surface area contributed by atoms with E-state index in [1.807, 2.05) is 0 Å². The Morgan fingerprint density at radius 3 is 2.78 bits per heavy atom. The average Bonchev–Trinajstić information content (AvgIpc) is 2.38. The molecule has 0 radical (unpaired) electrons. The summed E-state index contributed by atoms with van der Waals surface area (Å²) in [6.07, 6.45) is 5.64. The van der Waals surface area contributed by atoms with E-state index in [1.165, 1.54) is 12.8 Å². The molecule has 2 atom stereocenters. The number of hydrogen-bond acceptors (Lipinski definition) is 2.